The number of hydrogen-bond acceptors (Lipinski definition) is 4. The Morgan fingerprint density at radius 1 is 1.53 bits per heavy atom. The highest BCUT2D eigenvalue weighted by atomic mass is 16.5. The maximum absolute atomic E-state index is 11.3. The van der Waals surface area contributed by atoms with E-state index < -0.39 is 12.0 Å². The molecule has 0 aliphatic carbocycles. The summed E-state index contributed by atoms with van der Waals surface area (Å²) in [5, 5.41) is 5.18. The molecule has 0 aromatic carbocycles. The third kappa shape index (κ3) is 3.75. The summed E-state index contributed by atoms with van der Waals surface area (Å²) in [6.07, 6.45) is 0.806. The van der Waals surface area contributed by atoms with Gasteiger partial charge >= 0.3 is 12.0 Å². The number of carbonyl (C=O) groups excluding carboxylic acids is 2. The predicted octanol–water partition coefficient (Wildman–Crippen LogP) is -0.364. The number of amides is 2. The second kappa shape index (κ2) is 5.55. The van der Waals surface area contributed by atoms with E-state index in [1.807, 2.05) is 0 Å². The average Bonchev–Trinajstić information content (AvgIpc) is 2.68. The van der Waals surface area contributed by atoms with Gasteiger partial charge in [0.1, 0.15) is 6.04 Å². The summed E-state index contributed by atoms with van der Waals surface area (Å²) in [5.41, 5.74) is 0. The predicted molar refractivity (Wildman–Crippen MR) is 52.4 cm³/mol. The molecule has 1 fully saturated rings. The molecule has 6 heteroatoms. The first-order valence-corrected chi connectivity index (χ1v) is 4.86. The quantitative estimate of drug-likeness (QED) is 0.631. The highest BCUT2D eigenvalue weighted by Gasteiger charge is 2.20. The van der Waals surface area contributed by atoms with Crippen molar-refractivity contribution in [2.24, 2.45) is 0 Å². The third-order valence-corrected chi connectivity index (χ3v) is 2.17. The van der Waals surface area contributed by atoms with Crippen LogP contribution in [-0.2, 0) is 14.3 Å². The van der Waals surface area contributed by atoms with Crippen LogP contribution in [0.25, 0.3) is 0 Å². The van der Waals surface area contributed by atoms with Crippen molar-refractivity contribution in [2.75, 3.05) is 20.3 Å². The van der Waals surface area contributed by atoms with Crippen LogP contribution in [0.3, 0.4) is 0 Å². The van der Waals surface area contributed by atoms with E-state index >= 15 is 0 Å². The Hall–Kier alpha value is -1.30. The van der Waals surface area contributed by atoms with E-state index in [2.05, 4.69) is 15.4 Å². The average molecular weight is 216 g/mol. The molecule has 15 heavy (non-hydrogen) atoms. The van der Waals surface area contributed by atoms with Gasteiger partial charge in [0, 0.05) is 6.61 Å². The highest BCUT2D eigenvalue weighted by Crippen LogP contribution is 2.02. The van der Waals surface area contributed by atoms with Gasteiger partial charge in [0.05, 0.1) is 19.8 Å². The number of nitrogens with one attached hydrogen (secondary N) is 2. The van der Waals surface area contributed by atoms with Gasteiger partial charge in [-0.3, -0.25) is 0 Å². The molecule has 1 aliphatic rings. The molecule has 2 N–H and O–H groups in total. The number of esters is 1. The molecule has 1 saturated heterocycles. The lowest BCUT2D eigenvalue weighted by Crippen LogP contribution is -2.48. The zero-order chi connectivity index (χ0) is 11.3. The molecule has 86 valence electrons. The Bertz CT molecular complexity index is 238. The molecule has 0 aromatic heterocycles. The number of rotatable bonds is 3. The molecule has 0 saturated carbocycles. The van der Waals surface area contributed by atoms with Crippen molar-refractivity contribution in [3.8, 4) is 0 Å². The smallest absolute Gasteiger partial charge is 0.328 e. The Morgan fingerprint density at radius 2 is 2.27 bits per heavy atom. The van der Waals surface area contributed by atoms with E-state index in [0.29, 0.717) is 13.2 Å². The molecule has 0 aromatic rings. The molecular weight excluding hydrogens is 200 g/mol. The van der Waals surface area contributed by atoms with Crippen molar-refractivity contribution in [3.05, 3.63) is 0 Å². The molecule has 2 unspecified atom stereocenters. The fourth-order valence-electron chi connectivity index (χ4n) is 1.31. The van der Waals surface area contributed by atoms with E-state index in [1.54, 1.807) is 6.92 Å². The first-order valence-electron chi connectivity index (χ1n) is 4.86. The summed E-state index contributed by atoms with van der Waals surface area (Å²) in [6, 6.07) is -0.976. The van der Waals surface area contributed by atoms with Gasteiger partial charge in [-0.1, -0.05) is 0 Å². The normalized spacial score (nSPS) is 21.9. The van der Waals surface area contributed by atoms with Crippen molar-refractivity contribution in [1.82, 2.24) is 10.6 Å². The van der Waals surface area contributed by atoms with Crippen molar-refractivity contribution < 1.29 is 19.1 Å². The molecule has 1 aliphatic heterocycles. The van der Waals surface area contributed by atoms with Crippen molar-refractivity contribution in [3.63, 3.8) is 0 Å². The zero-order valence-corrected chi connectivity index (χ0v) is 8.91. The molecule has 0 spiro atoms. The number of ether oxygens (including phenoxy) is 2. The summed E-state index contributed by atoms with van der Waals surface area (Å²) >= 11 is 0. The summed E-state index contributed by atoms with van der Waals surface area (Å²) < 4.78 is 9.57. The number of carbonyl (C=O) groups is 2. The van der Waals surface area contributed by atoms with Crippen LogP contribution in [0, 0.1) is 0 Å². The zero-order valence-electron chi connectivity index (χ0n) is 8.91. The van der Waals surface area contributed by atoms with Crippen molar-refractivity contribution >= 4 is 12.0 Å². The lowest BCUT2D eigenvalue weighted by atomic mass is 10.3. The van der Waals surface area contributed by atoms with Gasteiger partial charge < -0.3 is 20.1 Å². The van der Waals surface area contributed by atoms with Crippen LogP contribution in [0.5, 0.6) is 0 Å². The Balaban J connectivity index is 2.25. The minimum atomic E-state index is -0.641. The minimum Gasteiger partial charge on any atom is -0.467 e. The van der Waals surface area contributed by atoms with Crippen LogP contribution >= 0.6 is 0 Å². The summed E-state index contributed by atoms with van der Waals surface area (Å²) in [6.45, 7) is 2.76. The Kier molecular flexibility index (Phi) is 4.36. The molecule has 0 bridgehead atoms. The van der Waals surface area contributed by atoms with Crippen LogP contribution in [0.15, 0.2) is 0 Å². The van der Waals surface area contributed by atoms with Gasteiger partial charge in [-0.25, -0.2) is 9.59 Å². The third-order valence-electron chi connectivity index (χ3n) is 2.17. The second-order valence-corrected chi connectivity index (χ2v) is 3.42. The fourth-order valence-corrected chi connectivity index (χ4v) is 1.31. The van der Waals surface area contributed by atoms with Crippen LogP contribution in [0.4, 0.5) is 4.79 Å². The van der Waals surface area contributed by atoms with Gasteiger partial charge in [0.25, 0.3) is 0 Å². The topological polar surface area (TPSA) is 76.7 Å². The van der Waals surface area contributed by atoms with Crippen molar-refractivity contribution in [2.45, 2.75) is 25.4 Å². The van der Waals surface area contributed by atoms with Crippen LogP contribution < -0.4 is 10.6 Å². The first-order chi connectivity index (χ1) is 7.13. The largest absolute Gasteiger partial charge is 0.467 e. The van der Waals surface area contributed by atoms with Crippen LogP contribution in [0.2, 0.25) is 0 Å². The Labute approximate surface area is 88.3 Å². The van der Waals surface area contributed by atoms with Gasteiger partial charge in [0.2, 0.25) is 0 Å². The van der Waals surface area contributed by atoms with Gasteiger partial charge in [-0.05, 0) is 13.3 Å². The number of hydrogen-bond donors (Lipinski definition) is 2. The van der Waals surface area contributed by atoms with E-state index in [9.17, 15) is 9.59 Å². The second-order valence-electron chi connectivity index (χ2n) is 3.42. The lowest BCUT2D eigenvalue weighted by Gasteiger charge is -2.15. The maximum Gasteiger partial charge on any atom is 0.328 e. The first kappa shape index (κ1) is 11.8. The van der Waals surface area contributed by atoms with E-state index in [4.69, 9.17) is 4.74 Å². The monoisotopic (exact) mass is 216 g/mol. The summed E-state index contributed by atoms with van der Waals surface area (Å²) in [5.74, 6) is -0.465. The summed E-state index contributed by atoms with van der Waals surface area (Å²) in [7, 11) is 1.28. The Morgan fingerprint density at radius 3 is 2.80 bits per heavy atom. The maximum atomic E-state index is 11.3. The minimum absolute atomic E-state index is 0.0369. The molecule has 2 amide bonds. The number of urea groups is 1. The standard InChI is InChI=1S/C9H16N2O4/c1-6(8(12)14-2)10-9(13)11-7-3-4-15-5-7/h6-7H,3-5H2,1-2H3,(H2,10,11,13). The van der Waals surface area contributed by atoms with Gasteiger partial charge in [-0.2, -0.15) is 0 Å². The van der Waals surface area contributed by atoms with E-state index in [0.717, 1.165) is 6.42 Å². The highest BCUT2D eigenvalue weighted by molar-refractivity contribution is 5.83. The summed E-state index contributed by atoms with van der Waals surface area (Å²) in [4.78, 5) is 22.3. The number of methoxy groups -OCH3 is 1. The van der Waals surface area contributed by atoms with E-state index in [1.165, 1.54) is 7.11 Å². The molecular formula is C9H16N2O4. The van der Waals surface area contributed by atoms with Crippen LogP contribution in [0.1, 0.15) is 13.3 Å². The van der Waals surface area contributed by atoms with Gasteiger partial charge in [-0.15, -0.1) is 0 Å². The fraction of sp³-hybridized carbons (Fsp3) is 0.778. The van der Waals surface area contributed by atoms with E-state index in [-0.39, 0.29) is 12.1 Å². The molecule has 2 atom stereocenters. The lowest BCUT2D eigenvalue weighted by molar-refractivity contribution is -0.142. The SMILES string of the molecule is COC(=O)C(C)NC(=O)NC1CCOC1. The molecule has 6 nitrogen and oxygen atoms in total. The van der Waals surface area contributed by atoms with Crippen molar-refractivity contribution in [1.29, 1.82) is 0 Å². The molecule has 0 radical (unpaired) electrons. The van der Waals surface area contributed by atoms with Gasteiger partial charge in [0.15, 0.2) is 0 Å². The van der Waals surface area contributed by atoms with Crippen LogP contribution in [-0.4, -0.2) is 44.4 Å². The molecule has 1 heterocycles. The molecule has 1 rings (SSSR count).